The largest absolute Gasteiger partial charge is 0.414 e. The number of amides is 1. The van der Waals surface area contributed by atoms with Gasteiger partial charge in [-0.25, -0.2) is 4.79 Å². The van der Waals surface area contributed by atoms with Crippen molar-refractivity contribution in [3.8, 4) is 0 Å². The third-order valence-corrected chi connectivity index (χ3v) is 1.68. The van der Waals surface area contributed by atoms with Gasteiger partial charge < -0.3 is 10.1 Å². The number of carbonyl (C=O) groups is 2. The minimum absolute atomic E-state index is 0.109. The van der Waals surface area contributed by atoms with Gasteiger partial charge in [0.2, 0.25) is 0 Å². The number of benzene rings is 1. The van der Waals surface area contributed by atoms with Crippen LogP contribution in [0.15, 0.2) is 30.3 Å². The van der Waals surface area contributed by atoms with Crippen LogP contribution in [0.5, 0.6) is 0 Å². The van der Waals surface area contributed by atoms with Crippen molar-refractivity contribution in [2.45, 2.75) is 6.42 Å². The van der Waals surface area contributed by atoms with E-state index in [-0.39, 0.29) is 6.47 Å². The molecule has 0 bridgehead atoms. The molecular weight excluding hydrogens is 182 g/mol. The van der Waals surface area contributed by atoms with Gasteiger partial charge in [0.15, 0.2) is 0 Å². The Morgan fingerprint density at radius 1 is 1.36 bits per heavy atom. The van der Waals surface area contributed by atoms with E-state index in [1.807, 2.05) is 30.3 Å². The van der Waals surface area contributed by atoms with Gasteiger partial charge in [0.05, 0.1) is 0 Å². The summed E-state index contributed by atoms with van der Waals surface area (Å²) in [6.45, 7) is 0.564. The number of ether oxygens (including phenoxy) is 1. The average molecular weight is 193 g/mol. The molecule has 0 aromatic heterocycles. The molecular formula is C10H11NO3. The van der Waals surface area contributed by atoms with Crippen molar-refractivity contribution < 1.29 is 14.3 Å². The Hall–Kier alpha value is -1.84. The highest BCUT2D eigenvalue weighted by atomic mass is 16.6. The topological polar surface area (TPSA) is 55.4 Å². The minimum Gasteiger partial charge on any atom is -0.379 e. The molecule has 1 aromatic carbocycles. The molecule has 1 aromatic rings. The second-order valence-electron chi connectivity index (χ2n) is 2.66. The summed E-state index contributed by atoms with van der Waals surface area (Å²) < 4.78 is 4.05. The molecule has 74 valence electrons. The molecule has 0 aliphatic rings. The van der Waals surface area contributed by atoms with Gasteiger partial charge in [-0.05, 0) is 12.0 Å². The summed E-state index contributed by atoms with van der Waals surface area (Å²) in [5, 5.41) is 2.44. The zero-order valence-corrected chi connectivity index (χ0v) is 7.60. The average Bonchev–Trinajstić information content (AvgIpc) is 2.20. The molecule has 0 atom stereocenters. The molecule has 1 rings (SSSR count). The SMILES string of the molecule is O=COC(=O)NCCc1ccccc1. The quantitative estimate of drug-likeness (QED) is 0.575. The number of rotatable bonds is 4. The molecule has 0 fully saturated rings. The second kappa shape index (κ2) is 5.75. The summed E-state index contributed by atoms with van der Waals surface area (Å²) in [6.07, 6.45) is 0.00496. The van der Waals surface area contributed by atoms with Crippen molar-refractivity contribution in [2.75, 3.05) is 6.54 Å². The van der Waals surface area contributed by atoms with Crippen LogP contribution in [0.1, 0.15) is 5.56 Å². The molecule has 0 aliphatic carbocycles. The first-order chi connectivity index (χ1) is 6.83. The second-order valence-corrected chi connectivity index (χ2v) is 2.66. The smallest absolute Gasteiger partial charge is 0.379 e. The van der Waals surface area contributed by atoms with E-state index in [2.05, 4.69) is 10.1 Å². The summed E-state index contributed by atoms with van der Waals surface area (Å²) in [7, 11) is 0. The van der Waals surface area contributed by atoms with Crippen molar-refractivity contribution in [1.82, 2.24) is 5.32 Å². The number of nitrogens with one attached hydrogen (secondary N) is 1. The summed E-state index contributed by atoms with van der Waals surface area (Å²) in [4.78, 5) is 20.4. The van der Waals surface area contributed by atoms with Crippen LogP contribution in [-0.2, 0) is 16.0 Å². The first-order valence-electron chi connectivity index (χ1n) is 4.25. The lowest BCUT2D eigenvalue weighted by Gasteiger charge is -2.02. The van der Waals surface area contributed by atoms with E-state index in [1.54, 1.807) is 0 Å². The molecule has 0 spiro atoms. The van der Waals surface area contributed by atoms with Crippen molar-refractivity contribution in [2.24, 2.45) is 0 Å². The van der Waals surface area contributed by atoms with Crippen LogP contribution in [-0.4, -0.2) is 19.1 Å². The molecule has 0 aliphatic heterocycles. The molecule has 14 heavy (non-hydrogen) atoms. The highest BCUT2D eigenvalue weighted by Gasteiger charge is 1.98. The first kappa shape index (κ1) is 10.2. The molecule has 0 saturated carbocycles. The van der Waals surface area contributed by atoms with Crippen LogP contribution < -0.4 is 5.32 Å². The molecule has 1 N–H and O–H groups in total. The number of hydrogen-bond acceptors (Lipinski definition) is 3. The van der Waals surface area contributed by atoms with E-state index in [0.29, 0.717) is 6.54 Å². The van der Waals surface area contributed by atoms with Gasteiger partial charge in [-0.1, -0.05) is 30.3 Å². The van der Waals surface area contributed by atoms with Crippen LogP contribution >= 0.6 is 0 Å². The third-order valence-electron chi connectivity index (χ3n) is 1.68. The monoisotopic (exact) mass is 193 g/mol. The molecule has 1 amide bonds. The number of carbonyl (C=O) groups excluding carboxylic acids is 2. The first-order valence-corrected chi connectivity index (χ1v) is 4.25. The van der Waals surface area contributed by atoms with Crippen LogP contribution in [0, 0.1) is 0 Å². The van der Waals surface area contributed by atoms with E-state index >= 15 is 0 Å². The third kappa shape index (κ3) is 3.71. The van der Waals surface area contributed by atoms with E-state index in [0.717, 1.165) is 12.0 Å². The van der Waals surface area contributed by atoms with Crippen LogP contribution in [0.3, 0.4) is 0 Å². The van der Waals surface area contributed by atoms with Gasteiger partial charge in [-0.15, -0.1) is 0 Å². The van der Waals surface area contributed by atoms with Gasteiger partial charge in [0, 0.05) is 6.54 Å². The van der Waals surface area contributed by atoms with Gasteiger partial charge in [0.25, 0.3) is 0 Å². The normalized spacial score (nSPS) is 9.14. The molecule has 0 unspecified atom stereocenters. The summed E-state index contributed by atoms with van der Waals surface area (Å²) in [6, 6.07) is 9.72. The Bertz CT molecular complexity index is 297. The van der Waals surface area contributed by atoms with Gasteiger partial charge in [-0.2, -0.15) is 0 Å². The van der Waals surface area contributed by atoms with Crippen molar-refractivity contribution in [3.05, 3.63) is 35.9 Å². The maximum absolute atomic E-state index is 10.7. The highest BCUT2D eigenvalue weighted by Crippen LogP contribution is 1.97. The van der Waals surface area contributed by atoms with Gasteiger partial charge >= 0.3 is 12.6 Å². The lowest BCUT2D eigenvalue weighted by Crippen LogP contribution is -2.25. The Morgan fingerprint density at radius 3 is 2.71 bits per heavy atom. The maximum Gasteiger partial charge on any atom is 0.414 e. The fraction of sp³-hybridized carbons (Fsp3) is 0.200. The summed E-state index contributed by atoms with van der Waals surface area (Å²) in [5.41, 5.74) is 1.12. The van der Waals surface area contributed by atoms with Crippen molar-refractivity contribution in [3.63, 3.8) is 0 Å². The standard InChI is InChI=1S/C10H11NO3/c12-8-14-10(13)11-7-6-9-4-2-1-3-5-9/h1-5,8H,6-7H2,(H,11,13). The fourth-order valence-electron chi connectivity index (χ4n) is 1.04. The number of alkyl carbamates (subject to hydrolysis) is 1. The van der Waals surface area contributed by atoms with E-state index in [4.69, 9.17) is 0 Å². The van der Waals surface area contributed by atoms with E-state index in [9.17, 15) is 9.59 Å². The zero-order valence-electron chi connectivity index (χ0n) is 7.60. The molecule has 0 heterocycles. The Labute approximate surface area is 81.9 Å². The van der Waals surface area contributed by atoms with E-state index < -0.39 is 6.09 Å². The molecule has 0 saturated heterocycles. The number of hydrogen-bond donors (Lipinski definition) is 1. The predicted molar refractivity (Wildman–Crippen MR) is 50.7 cm³/mol. The molecule has 4 nitrogen and oxygen atoms in total. The summed E-state index contributed by atoms with van der Waals surface area (Å²) in [5.74, 6) is 0. The fourth-order valence-corrected chi connectivity index (χ4v) is 1.04. The highest BCUT2D eigenvalue weighted by molar-refractivity contribution is 5.74. The lowest BCUT2D eigenvalue weighted by atomic mass is 10.1. The Balaban J connectivity index is 2.22. The maximum atomic E-state index is 10.7. The molecule has 0 radical (unpaired) electrons. The van der Waals surface area contributed by atoms with Crippen molar-refractivity contribution in [1.29, 1.82) is 0 Å². The van der Waals surface area contributed by atoms with Crippen LogP contribution in [0.4, 0.5) is 4.79 Å². The molecule has 4 heteroatoms. The van der Waals surface area contributed by atoms with E-state index in [1.165, 1.54) is 0 Å². The lowest BCUT2D eigenvalue weighted by molar-refractivity contribution is -0.123. The Kier molecular flexibility index (Phi) is 4.20. The van der Waals surface area contributed by atoms with Crippen LogP contribution in [0.2, 0.25) is 0 Å². The Morgan fingerprint density at radius 2 is 2.07 bits per heavy atom. The van der Waals surface area contributed by atoms with Gasteiger partial charge in [-0.3, -0.25) is 4.79 Å². The summed E-state index contributed by atoms with van der Waals surface area (Å²) >= 11 is 0. The van der Waals surface area contributed by atoms with Crippen molar-refractivity contribution >= 4 is 12.6 Å². The predicted octanol–water partition coefficient (Wildman–Crippen LogP) is 1.11. The zero-order chi connectivity index (χ0) is 10.2. The van der Waals surface area contributed by atoms with Crippen LogP contribution in [0.25, 0.3) is 0 Å². The minimum atomic E-state index is -0.712. The van der Waals surface area contributed by atoms with Gasteiger partial charge in [0.1, 0.15) is 0 Å².